The monoisotopic (exact) mass is 286 g/mol. The molecule has 21 heavy (non-hydrogen) atoms. The second-order valence-electron chi connectivity index (χ2n) is 5.85. The Bertz CT molecular complexity index is 676. The lowest BCUT2D eigenvalue weighted by molar-refractivity contribution is -0.132. The van der Waals surface area contributed by atoms with Crippen molar-refractivity contribution in [3.05, 3.63) is 23.5 Å². The Morgan fingerprint density at radius 2 is 2.24 bits per heavy atom. The third-order valence-electron chi connectivity index (χ3n) is 4.39. The van der Waals surface area contributed by atoms with E-state index in [9.17, 15) is 4.79 Å². The smallest absolute Gasteiger partial charge is 0.222 e. The summed E-state index contributed by atoms with van der Waals surface area (Å²) in [6, 6.07) is 4.21. The Morgan fingerprint density at radius 3 is 3.00 bits per heavy atom. The van der Waals surface area contributed by atoms with Crippen LogP contribution in [0.15, 0.2) is 12.1 Å². The van der Waals surface area contributed by atoms with Crippen LogP contribution in [0.1, 0.15) is 43.5 Å². The van der Waals surface area contributed by atoms with E-state index in [4.69, 9.17) is 4.98 Å². The molecule has 0 N–H and O–H groups in total. The molecule has 1 atom stereocenters. The van der Waals surface area contributed by atoms with Gasteiger partial charge in [-0.25, -0.2) is 4.98 Å². The van der Waals surface area contributed by atoms with Crippen molar-refractivity contribution in [3.8, 4) is 0 Å². The average molecular weight is 286 g/mol. The van der Waals surface area contributed by atoms with Crippen molar-refractivity contribution in [1.29, 1.82) is 0 Å². The lowest BCUT2D eigenvalue weighted by atomic mass is 9.94. The highest BCUT2D eigenvalue weighted by Gasteiger charge is 2.25. The number of hydrogen-bond acceptors (Lipinski definition) is 3. The van der Waals surface area contributed by atoms with E-state index in [0.29, 0.717) is 12.3 Å². The minimum absolute atomic E-state index is 0.247. The molecule has 0 aromatic carbocycles. The average Bonchev–Trinajstić information content (AvgIpc) is 2.81. The molecule has 3 heterocycles. The van der Waals surface area contributed by atoms with E-state index in [1.54, 1.807) is 0 Å². The highest BCUT2D eigenvalue weighted by Crippen LogP contribution is 2.28. The number of hydrogen-bond donors (Lipinski definition) is 0. The molecule has 1 amide bonds. The Labute approximate surface area is 125 Å². The first-order chi connectivity index (χ1) is 10.1. The number of amides is 1. The van der Waals surface area contributed by atoms with Gasteiger partial charge in [0.15, 0.2) is 5.65 Å². The molecule has 0 radical (unpaired) electrons. The molecule has 1 fully saturated rings. The number of piperidine rings is 1. The number of likely N-dealkylation sites (tertiary alicyclic amines) is 1. The first kappa shape index (κ1) is 14.0. The molecule has 0 spiro atoms. The lowest BCUT2D eigenvalue weighted by Gasteiger charge is -2.32. The van der Waals surface area contributed by atoms with Gasteiger partial charge in [0.1, 0.15) is 0 Å². The van der Waals surface area contributed by atoms with Gasteiger partial charge in [0, 0.05) is 43.6 Å². The van der Waals surface area contributed by atoms with Crippen LogP contribution < -0.4 is 0 Å². The SMILES string of the molecule is CCC(=O)N1CCCC(c2ccc3c(C)nn(C)c3n2)C1. The fourth-order valence-corrected chi connectivity index (χ4v) is 3.21. The van der Waals surface area contributed by atoms with Crippen molar-refractivity contribution < 1.29 is 4.79 Å². The van der Waals surface area contributed by atoms with Gasteiger partial charge in [0.25, 0.3) is 0 Å². The van der Waals surface area contributed by atoms with Gasteiger partial charge < -0.3 is 4.90 Å². The molecule has 0 bridgehead atoms. The Morgan fingerprint density at radius 1 is 1.43 bits per heavy atom. The number of pyridine rings is 1. The molecular formula is C16H22N4O. The van der Waals surface area contributed by atoms with Gasteiger partial charge in [0.05, 0.1) is 5.69 Å². The van der Waals surface area contributed by atoms with E-state index in [1.807, 2.05) is 30.5 Å². The van der Waals surface area contributed by atoms with E-state index < -0.39 is 0 Å². The molecule has 5 nitrogen and oxygen atoms in total. The van der Waals surface area contributed by atoms with Gasteiger partial charge in [-0.1, -0.05) is 6.92 Å². The number of carbonyl (C=O) groups excluding carboxylic acids is 1. The van der Waals surface area contributed by atoms with Gasteiger partial charge >= 0.3 is 0 Å². The second-order valence-corrected chi connectivity index (χ2v) is 5.85. The summed E-state index contributed by atoms with van der Waals surface area (Å²) < 4.78 is 1.84. The zero-order chi connectivity index (χ0) is 15.0. The highest BCUT2D eigenvalue weighted by molar-refractivity contribution is 5.78. The number of aryl methyl sites for hydroxylation is 2. The molecule has 112 valence electrons. The van der Waals surface area contributed by atoms with Crippen LogP contribution in [0, 0.1) is 6.92 Å². The molecule has 0 aliphatic carbocycles. The minimum atomic E-state index is 0.247. The molecule has 1 saturated heterocycles. The number of fused-ring (bicyclic) bond motifs is 1. The number of aromatic nitrogens is 3. The predicted molar refractivity (Wildman–Crippen MR) is 82.1 cm³/mol. The van der Waals surface area contributed by atoms with Gasteiger partial charge in [-0.15, -0.1) is 0 Å². The number of nitrogens with zero attached hydrogens (tertiary/aromatic N) is 4. The molecule has 1 aliphatic heterocycles. The fraction of sp³-hybridized carbons (Fsp3) is 0.562. The van der Waals surface area contributed by atoms with Crippen LogP contribution in [0.4, 0.5) is 0 Å². The third-order valence-corrected chi connectivity index (χ3v) is 4.39. The van der Waals surface area contributed by atoms with Gasteiger partial charge in [-0.3, -0.25) is 9.48 Å². The molecule has 2 aromatic rings. The van der Waals surface area contributed by atoms with Crippen molar-refractivity contribution in [2.75, 3.05) is 13.1 Å². The summed E-state index contributed by atoms with van der Waals surface area (Å²) in [5, 5.41) is 5.53. The van der Waals surface area contributed by atoms with E-state index in [2.05, 4.69) is 17.2 Å². The lowest BCUT2D eigenvalue weighted by Crippen LogP contribution is -2.38. The van der Waals surface area contributed by atoms with Crippen LogP contribution in [0.2, 0.25) is 0 Å². The minimum Gasteiger partial charge on any atom is -0.342 e. The van der Waals surface area contributed by atoms with Crippen molar-refractivity contribution >= 4 is 16.9 Å². The molecule has 3 rings (SSSR count). The van der Waals surface area contributed by atoms with E-state index >= 15 is 0 Å². The number of rotatable bonds is 2. The highest BCUT2D eigenvalue weighted by atomic mass is 16.2. The van der Waals surface area contributed by atoms with Crippen LogP contribution in [0.3, 0.4) is 0 Å². The van der Waals surface area contributed by atoms with Gasteiger partial charge in [-0.05, 0) is 31.9 Å². The fourth-order valence-electron chi connectivity index (χ4n) is 3.21. The Kier molecular flexibility index (Phi) is 3.66. The van der Waals surface area contributed by atoms with Crippen LogP contribution in [0.5, 0.6) is 0 Å². The topological polar surface area (TPSA) is 51.0 Å². The van der Waals surface area contributed by atoms with Crippen LogP contribution >= 0.6 is 0 Å². The molecular weight excluding hydrogens is 264 g/mol. The Balaban J connectivity index is 1.89. The van der Waals surface area contributed by atoms with Crippen LogP contribution in [-0.4, -0.2) is 38.7 Å². The quantitative estimate of drug-likeness (QED) is 0.851. The first-order valence-corrected chi connectivity index (χ1v) is 7.68. The van der Waals surface area contributed by atoms with Gasteiger partial charge in [-0.2, -0.15) is 5.10 Å². The largest absolute Gasteiger partial charge is 0.342 e. The summed E-state index contributed by atoms with van der Waals surface area (Å²) in [7, 11) is 1.93. The molecule has 0 saturated carbocycles. The number of carbonyl (C=O) groups is 1. The summed E-state index contributed by atoms with van der Waals surface area (Å²) in [4.78, 5) is 18.7. The third kappa shape index (κ3) is 2.52. The zero-order valence-electron chi connectivity index (χ0n) is 13.0. The van der Waals surface area contributed by atoms with E-state index in [1.165, 1.54) is 0 Å². The summed E-state index contributed by atoms with van der Waals surface area (Å²) in [6.07, 6.45) is 2.74. The zero-order valence-corrected chi connectivity index (χ0v) is 13.0. The maximum Gasteiger partial charge on any atom is 0.222 e. The molecule has 1 unspecified atom stereocenters. The second kappa shape index (κ2) is 5.47. The van der Waals surface area contributed by atoms with Gasteiger partial charge in [0.2, 0.25) is 5.91 Å². The molecule has 5 heteroatoms. The van der Waals surface area contributed by atoms with Crippen LogP contribution in [0.25, 0.3) is 11.0 Å². The van der Waals surface area contributed by atoms with Crippen molar-refractivity contribution in [1.82, 2.24) is 19.7 Å². The van der Waals surface area contributed by atoms with Crippen LogP contribution in [-0.2, 0) is 11.8 Å². The molecule has 2 aromatic heterocycles. The summed E-state index contributed by atoms with van der Waals surface area (Å²) in [6.45, 7) is 5.61. The standard InChI is InChI=1S/C16H22N4O/c1-4-15(21)20-9-5-6-12(10-20)14-8-7-13-11(2)18-19(3)16(13)17-14/h7-8,12H,4-6,9-10H2,1-3H3. The first-order valence-electron chi connectivity index (χ1n) is 7.68. The maximum absolute atomic E-state index is 11.9. The van der Waals surface area contributed by atoms with Crippen molar-refractivity contribution in [2.45, 2.75) is 39.0 Å². The Hall–Kier alpha value is -1.91. The van der Waals surface area contributed by atoms with Crippen molar-refractivity contribution in [3.63, 3.8) is 0 Å². The van der Waals surface area contributed by atoms with E-state index in [-0.39, 0.29) is 5.91 Å². The summed E-state index contributed by atoms with van der Waals surface area (Å²) in [5.74, 6) is 0.589. The summed E-state index contributed by atoms with van der Waals surface area (Å²) >= 11 is 0. The van der Waals surface area contributed by atoms with Crippen molar-refractivity contribution in [2.24, 2.45) is 7.05 Å². The molecule has 1 aliphatic rings. The van der Waals surface area contributed by atoms with E-state index in [0.717, 1.165) is 48.4 Å². The summed E-state index contributed by atoms with van der Waals surface area (Å²) in [5.41, 5.74) is 3.03. The normalized spacial score (nSPS) is 19.2. The predicted octanol–water partition coefficient (Wildman–Crippen LogP) is 2.39. The maximum atomic E-state index is 11.9.